The number of rotatable bonds is 5. The molecule has 1 aromatic rings. The van der Waals surface area contributed by atoms with E-state index >= 15 is 0 Å². The lowest BCUT2D eigenvalue weighted by molar-refractivity contribution is -0.145. The summed E-state index contributed by atoms with van der Waals surface area (Å²) < 4.78 is 12.8. The second-order valence-corrected chi connectivity index (χ2v) is 10.2. The number of cyclic esters (lactones) is 1. The molecule has 1 N–H and O–H groups in total. The molecule has 0 aromatic heterocycles. The van der Waals surface area contributed by atoms with Crippen LogP contribution in [0.5, 0.6) is 0 Å². The number of fused-ring (bicyclic) bond motifs is 2. The summed E-state index contributed by atoms with van der Waals surface area (Å²) in [6.45, 7) is 4.22. The first-order chi connectivity index (χ1) is 14.7. The first-order valence-electron chi connectivity index (χ1n) is 12.3. The molecule has 0 radical (unpaired) electrons. The van der Waals surface area contributed by atoms with E-state index in [0.717, 1.165) is 38.8 Å². The number of nitrogens with one attached hydrogen (secondary N) is 1. The van der Waals surface area contributed by atoms with Crippen molar-refractivity contribution in [2.45, 2.75) is 76.6 Å². The van der Waals surface area contributed by atoms with Gasteiger partial charge in [-0.3, -0.25) is 4.79 Å². The molecule has 2 saturated heterocycles. The van der Waals surface area contributed by atoms with Crippen molar-refractivity contribution in [2.75, 3.05) is 13.1 Å². The lowest BCUT2D eigenvalue weighted by Gasteiger charge is -2.50. The van der Waals surface area contributed by atoms with Crippen molar-refractivity contribution in [1.29, 1.82) is 0 Å². The van der Waals surface area contributed by atoms with Gasteiger partial charge in [-0.25, -0.2) is 0 Å². The summed E-state index contributed by atoms with van der Waals surface area (Å²) in [4.78, 5) is 12.7. The van der Waals surface area contributed by atoms with E-state index in [1.54, 1.807) is 0 Å². The molecule has 2 aliphatic heterocycles. The summed E-state index contributed by atoms with van der Waals surface area (Å²) in [5, 5.41) is 3.47. The van der Waals surface area contributed by atoms with Gasteiger partial charge in [-0.05, 0) is 75.4 Å². The van der Waals surface area contributed by atoms with Gasteiger partial charge in [0, 0.05) is 5.92 Å². The molecule has 2 heterocycles. The molecule has 0 amide bonds. The average Bonchev–Trinajstić information content (AvgIpc) is 3.06. The van der Waals surface area contributed by atoms with E-state index in [0.29, 0.717) is 29.8 Å². The van der Waals surface area contributed by atoms with E-state index in [2.05, 4.69) is 42.6 Å². The van der Waals surface area contributed by atoms with Crippen LogP contribution in [0.4, 0.5) is 0 Å². The molecule has 4 fully saturated rings. The monoisotopic (exact) mass is 411 g/mol. The first kappa shape index (κ1) is 20.5. The van der Waals surface area contributed by atoms with Crippen LogP contribution in [0, 0.1) is 29.6 Å². The minimum absolute atomic E-state index is 0.0188. The van der Waals surface area contributed by atoms with E-state index in [1.165, 1.54) is 31.2 Å². The summed E-state index contributed by atoms with van der Waals surface area (Å²) in [6, 6.07) is 10.8. The number of benzene rings is 1. The zero-order valence-corrected chi connectivity index (χ0v) is 18.3. The second kappa shape index (κ2) is 9.00. The zero-order chi connectivity index (χ0) is 20.5. The Balaban J connectivity index is 1.47. The summed E-state index contributed by atoms with van der Waals surface area (Å²) in [6.07, 6.45) is 9.89. The third-order valence-corrected chi connectivity index (χ3v) is 8.44. The predicted molar refractivity (Wildman–Crippen MR) is 117 cm³/mol. The number of esters is 1. The van der Waals surface area contributed by atoms with Crippen molar-refractivity contribution in [3.05, 3.63) is 35.9 Å². The number of piperidine rings is 1. The lowest BCUT2D eigenvalue weighted by atomic mass is 9.55. The van der Waals surface area contributed by atoms with Crippen LogP contribution in [-0.2, 0) is 20.7 Å². The Labute approximate surface area is 181 Å². The van der Waals surface area contributed by atoms with Crippen molar-refractivity contribution >= 4 is 5.97 Å². The third-order valence-electron chi connectivity index (χ3n) is 8.44. The second-order valence-electron chi connectivity index (χ2n) is 10.2. The molecule has 30 heavy (non-hydrogen) atoms. The molecule has 1 aromatic carbocycles. The van der Waals surface area contributed by atoms with Gasteiger partial charge >= 0.3 is 5.97 Å². The Morgan fingerprint density at radius 3 is 2.67 bits per heavy atom. The molecule has 7 atom stereocenters. The van der Waals surface area contributed by atoms with Gasteiger partial charge in [-0.1, -0.05) is 49.6 Å². The Morgan fingerprint density at radius 2 is 1.87 bits per heavy atom. The van der Waals surface area contributed by atoms with Crippen LogP contribution in [0.15, 0.2) is 30.3 Å². The molecule has 2 aliphatic carbocycles. The summed E-state index contributed by atoms with van der Waals surface area (Å²) in [5.41, 5.74) is 1.35. The van der Waals surface area contributed by atoms with Gasteiger partial charge < -0.3 is 14.8 Å². The van der Waals surface area contributed by atoms with Crippen LogP contribution in [0.2, 0.25) is 0 Å². The van der Waals surface area contributed by atoms with Gasteiger partial charge in [0.1, 0.15) is 6.10 Å². The predicted octanol–water partition coefficient (Wildman–Crippen LogP) is 4.37. The van der Waals surface area contributed by atoms with Crippen molar-refractivity contribution in [3.8, 4) is 0 Å². The Bertz CT molecular complexity index is 716. The summed E-state index contributed by atoms with van der Waals surface area (Å²) >= 11 is 0. The van der Waals surface area contributed by atoms with Crippen molar-refractivity contribution in [2.24, 2.45) is 29.6 Å². The molecular formula is C26H37NO3. The fourth-order valence-electron chi connectivity index (χ4n) is 7.14. The van der Waals surface area contributed by atoms with E-state index < -0.39 is 0 Å². The maximum atomic E-state index is 12.7. The average molecular weight is 412 g/mol. The highest BCUT2D eigenvalue weighted by molar-refractivity contribution is 5.75. The van der Waals surface area contributed by atoms with Crippen LogP contribution in [-0.4, -0.2) is 37.4 Å². The largest absolute Gasteiger partial charge is 0.462 e. The number of carbonyl (C=O) groups is 1. The van der Waals surface area contributed by atoms with E-state index in [9.17, 15) is 4.79 Å². The maximum Gasteiger partial charge on any atom is 0.309 e. The third kappa shape index (κ3) is 4.05. The van der Waals surface area contributed by atoms with Gasteiger partial charge in [0.25, 0.3) is 0 Å². The number of carbonyl (C=O) groups excluding carboxylic acids is 1. The minimum atomic E-state index is 0.0188. The Hall–Kier alpha value is -1.39. The van der Waals surface area contributed by atoms with Gasteiger partial charge in [0.05, 0.1) is 18.1 Å². The van der Waals surface area contributed by atoms with Gasteiger partial charge in [-0.2, -0.15) is 0 Å². The normalized spacial score (nSPS) is 37.8. The molecule has 0 spiro atoms. The summed E-state index contributed by atoms with van der Waals surface area (Å²) in [7, 11) is 0. The molecular weight excluding hydrogens is 374 g/mol. The summed E-state index contributed by atoms with van der Waals surface area (Å²) in [5.74, 6) is 2.21. The highest BCUT2D eigenvalue weighted by atomic mass is 16.6. The molecule has 4 aliphatic rings. The maximum absolute atomic E-state index is 12.7. The highest BCUT2D eigenvalue weighted by Gasteiger charge is 2.56. The van der Waals surface area contributed by atoms with Crippen molar-refractivity contribution in [1.82, 2.24) is 5.32 Å². The number of hydrogen-bond acceptors (Lipinski definition) is 4. The van der Waals surface area contributed by atoms with Gasteiger partial charge in [-0.15, -0.1) is 0 Å². The molecule has 4 nitrogen and oxygen atoms in total. The highest BCUT2D eigenvalue weighted by Crippen LogP contribution is 2.55. The number of ether oxygens (including phenoxy) is 2. The van der Waals surface area contributed by atoms with Crippen molar-refractivity contribution < 1.29 is 14.3 Å². The van der Waals surface area contributed by atoms with Crippen LogP contribution in [0.3, 0.4) is 0 Å². The molecule has 4 heteroatoms. The van der Waals surface area contributed by atoms with Crippen LogP contribution in [0.1, 0.15) is 57.4 Å². The first-order valence-corrected chi connectivity index (χ1v) is 12.3. The van der Waals surface area contributed by atoms with Gasteiger partial charge in [0.15, 0.2) is 0 Å². The fraction of sp³-hybridized carbons (Fsp3) is 0.731. The standard InChI is InChI=1S/C26H37NO3/c1-17-24-22(26(28)29-17)16-19-9-5-6-10-21(19)25(24)23(15-18-7-3-2-4-8-18)30-20-11-13-27-14-12-20/h2-4,7-8,17,19-25,27H,5-6,9-16H2,1H3. The molecule has 7 unspecified atom stereocenters. The SMILES string of the molecule is CC1OC(=O)C2CC3CCCCC3C(C(Cc3ccccc3)OC3CCNCC3)C12. The smallest absolute Gasteiger partial charge is 0.309 e. The lowest BCUT2D eigenvalue weighted by Crippen LogP contribution is -2.51. The van der Waals surface area contributed by atoms with E-state index in [-0.39, 0.29) is 24.1 Å². The van der Waals surface area contributed by atoms with E-state index in [4.69, 9.17) is 9.47 Å². The Morgan fingerprint density at radius 1 is 1.10 bits per heavy atom. The van der Waals surface area contributed by atoms with Crippen LogP contribution in [0.25, 0.3) is 0 Å². The quantitative estimate of drug-likeness (QED) is 0.731. The number of hydrogen-bond donors (Lipinski definition) is 1. The molecule has 0 bridgehead atoms. The Kier molecular flexibility index (Phi) is 6.15. The minimum Gasteiger partial charge on any atom is -0.462 e. The molecule has 5 rings (SSSR count). The van der Waals surface area contributed by atoms with Gasteiger partial charge in [0.2, 0.25) is 0 Å². The zero-order valence-electron chi connectivity index (χ0n) is 18.3. The molecule has 2 saturated carbocycles. The molecule has 164 valence electrons. The van der Waals surface area contributed by atoms with Crippen molar-refractivity contribution in [3.63, 3.8) is 0 Å². The van der Waals surface area contributed by atoms with Crippen LogP contribution < -0.4 is 5.32 Å². The van der Waals surface area contributed by atoms with Crippen LogP contribution >= 0.6 is 0 Å². The van der Waals surface area contributed by atoms with E-state index in [1.807, 2.05) is 0 Å². The topological polar surface area (TPSA) is 47.6 Å². The fourth-order valence-corrected chi connectivity index (χ4v) is 7.14.